The fourth-order valence-corrected chi connectivity index (χ4v) is 2.32. The van der Waals surface area contributed by atoms with Crippen molar-refractivity contribution in [3.05, 3.63) is 0 Å². The molecule has 5 heteroatoms. The molecule has 0 bridgehead atoms. The number of carbonyl (C=O) groups is 1. The zero-order valence-electron chi connectivity index (χ0n) is 6.82. The first-order chi connectivity index (χ1) is 5.67. The summed E-state index contributed by atoms with van der Waals surface area (Å²) in [6.45, 7) is 0.386. The number of carbonyl (C=O) groups excluding carboxylic acids is 1. The van der Waals surface area contributed by atoms with Gasteiger partial charge in [0.05, 0.1) is 5.25 Å². The minimum Gasteiger partial charge on any atom is -0.303 e. The topological polar surface area (TPSA) is 63.2 Å². The third-order valence-electron chi connectivity index (χ3n) is 1.77. The number of aldehydes is 1. The van der Waals surface area contributed by atoms with E-state index in [2.05, 4.69) is 4.72 Å². The second-order valence-corrected chi connectivity index (χ2v) is 4.99. The monoisotopic (exact) mass is 191 g/mol. The van der Waals surface area contributed by atoms with E-state index in [1.807, 2.05) is 0 Å². The van der Waals surface area contributed by atoms with Gasteiger partial charge in [-0.3, -0.25) is 0 Å². The first-order valence-corrected chi connectivity index (χ1v) is 5.63. The fraction of sp³-hybridized carbons (Fsp3) is 0.857. The Morgan fingerprint density at radius 3 is 2.58 bits per heavy atom. The van der Waals surface area contributed by atoms with Crippen LogP contribution < -0.4 is 4.72 Å². The van der Waals surface area contributed by atoms with Gasteiger partial charge in [-0.1, -0.05) is 0 Å². The second-order valence-electron chi connectivity index (χ2n) is 2.95. The van der Waals surface area contributed by atoms with Crippen molar-refractivity contribution in [3.63, 3.8) is 0 Å². The second kappa shape index (κ2) is 4.00. The lowest BCUT2D eigenvalue weighted by molar-refractivity contribution is -0.107. The first-order valence-electron chi connectivity index (χ1n) is 4.09. The van der Waals surface area contributed by atoms with Crippen LogP contribution in [0.4, 0.5) is 0 Å². The normalized spacial score (nSPS) is 17.7. The Morgan fingerprint density at radius 2 is 2.08 bits per heavy atom. The van der Waals surface area contributed by atoms with Crippen LogP contribution in [0.15, 0.2) is 0 Å². The summed E-state index contributed by atoms with van der Waals surface area (Å²) >= 11 is 0. The largest absolute Gasteiger partial charge is 0.303 e. The van der Waals surface area contributed by atoms with E-state index in [9.17, 15) is 13.2 Å². The van der Waals surface area contributed by atoms with E-state index < -0.39 is 10.0 Å². The number of sulfonamides is 1. The molecule has 0 amide bonds. The first kappa shape index (κ1) is 9.67. The van der Waals surface area contributed by atoms with Crippen LogP contribution in [0.3, 0.4) is 0 Å². The molecule has 0 spiro atoms. The maximum atomic E-state index is 11.2. The zero-order valence-corrected chi connectivity index (χ0v) is 7.64. The van der Waals surface area contributed by atoms with Crippen molar-refractivity contribution < 1.29 is 13.2 Å². The summed E-state index contributed by atoms with van der Waals surface area (Å²) in [7, 11) is -3.03. The quantitative estimate of drug-likeness (QED) is 0.476. The van der Waals surface area contributed by atoms with Crippen molar-refractivity contribution in [3.8, 4) is 0 Å². The lowest BCUT2D eigenvalue weighted by Crippen LogP contribution is -2.28. The van der Waals surface area contributed by atoms with Crippen LogP contribution in [0.2, 0.25) is 0 Å². The third kappa shape index (κ3) is 2.91. The molecule has 70 valence electrons. The van der Waals surface area contributed by atoms with Crippen LogP contribution in [-0.4, -0.2) is 26.5 Å². The van der Waals surface area contributed by atoms with Crippen molar-refractivity contribution in [2.75, 3.05) is 6.54 Å². The SMILES string of the molecule is O=CCCCNS(=O)(=O)C1CC1. The molecule has 0 radical (unpaired) electrons. The highest BCUT2D eigenvalue weighted by molar-refractivity contribution is 7.90. The van der Waals surface area contributed by atoms with Gasteiger partial charge in [-0.15, -0.1) is 0 Å². The van der Waals surface area contributed by atoms with Gasteiger partial charge in [-0.2, -0.15) is 0 Å². The van der Waals surface area contributed by atoms with Crippen molar-refractivity contribution >= 4 is 16.3 Å². The van der Waals surface area contributed by atoms with Gasteiger partial charge in [0.25, 0.3) is 0 Å². The smallest absolute Gasteiger partial charge is 0.214 e. The molecule has 0 heterocycles. The highest BCUT2D eigenvalue weighted by Crippen LogP contribution is 2.27. The van der Waals surface area contributed by atoms with Crippen LogP contribution in [-0.2, 0) is 14.8 Å². The van der Waals surface area contributed by atoms with Gasteiger partial charge in [0.15, 0.2) is 0 Å². The van der Waals surface area contributed by atoms with Crippen molar-refractivity contribution in [1.29, 1.82) is 0 Å². The predicted molar refractivity (Wildman–Crippen MR) is 45.2 cm³/mol. The van der Waals surface area contributed by atoms with Crippen LogP contribution in [0, 0.1) is 0 Å². The summed E-state index contributed by atoms with van der Waals surface area (Å²) in [6.07, 6.45) is 3.38. The third-order valence-corrected chi connectivity index (χ3v) is 3.72. The van der Waals surface area contributed by atoms with Crippen molar-refractivity contribution in [2.24, 2.45) is 0 Å². The van der Waals surface area contributed by atoms with Gasteiger partial charge in [-0.25, -0.2) is 13.1 Å². The maximum absolute atomic E-state index is 11.2. The molecular weight excluding hydrogens is 178 g/mol. The van der Waals surface area contributed by atoms with E-state index in [4.69, 9.17) is 0 Å². The molecule has 0 unspecified atom stereocenters. The van der Waals surface area contributed by atoms with E-state index >= 15 is 0 Å². The van der Waals surface area contributed by atoms with E-state index in [0.717, 1.165) is 19.1 Å². The van der Waals surface area contributed by atoms with E-state index in [1.165, 1.54) is 0 Å². The summed E-state index contributed by atoms with van der Waals surface area (Å²) in [6, 6.07) is 0. The molecule has 0 aliphatic heterocycles. The highest BCUT2D eigenvalue weighted by Gasteiger charge is 2.34. The summed E-state index contributed by atoms with van der Waals surface area (Å²) in [5, 5.41) is -0.159. The molecule has 0 aromatic carbocycles. The standard InChI is InChI=1S/C7H13NO3S/c9-6-2-1-5-8-12(10,11)7-3-4-7/h6-8H,1-5H2. The Labute approximate surface area is 72.4 Å². The van der Waals surface area contributed by atoms with Gasteiger partial charge < -0.3 is 4.79 Å². The van der Waals surface area contributed by atoms with Crippen LogP contribution in [0.1, 0.15) is 25.7 Å². The van der Waals surface area contributed by atoms with Crippen LogP contribution in [0.5, 0.6) is 0 Å². The molecule has 0 aromatic heterocycles. The predicted octanol–water partition coefficient (Wildman–Crippen LogP) is 0.0473. The molecule has 0 atom stereocenters. The summed E-state index contributed by atoms with van der Waals surface area (Å²) in [4.78, 5) is 9.90. The highest BCUT2D eigenvalue weighted by atomic mass is 32.2. The molecule has 0 aromatic rings. The average Bonchev–Trinajstić information content (AvgIpc) is 2.80. The van der Waals surface area contributed by atoms with Gasteiger partial charge in [-0.05, 0) is 19.3 Å². The number of unbranched alkanes of at least 4 members (excludes halogenated alkanes) is 1. The number of rotatable bonds is 6. The Morgan fingerprint density at radius 1 is 1.42 bits per heavy atom. The maximum Gasteiger partial charge on any atom is 0.214 e. The molecule has 1 N–H and O–H groups in total. The van der Waals surface area contributed by atoms with Crippen LogP contribution >= 0.6 is 0 Å². The molecule has 0 saturated heterocycles. The number of hydrogen-bond acceptors (Lipinski definition) is 3. The van der Waals surface area contributed by atoms with E-state index in [-0.39, 0.29) is 5.25 Å². The molecule has 1 saturated carbocycles. The average molecular weight is 191 g/mol. The molecule has 1 rings (SSSR count). The lowest BCUT2D eigenvalue weighted by atomic mass is 10.3. The Hall–Kier alpha value is -0.420. The molecule has 4 nitrogen and oxygen atoms in total. The summed E-state index contributed by atoms with van der Waals surface area (Å²) in [5.41, 5.74) is 0. The van der Waals surface area contributed by atoms with Gasteiger partial charge in [0.1, 0.15) is 6.29 Å². The van der Waals surface area contributed by atoms with Crippen molar-refractivity contribution in [1.82, 2.24) is 4.72 Å². The minimum atomic E-state index is -3.03. The van der Waals surface area contributed by atoms with Gasteiger partial charge in [0, 0.05) is 13.0 Å². The minimum absolute atomic E-state index is 0.159. The number of hydrogen-bond donors (Lipinski definition) is 1. The lowest BCUT2D eigenvalue weighted by Gasteiger charge is -2.02. The molecule has 12 heavy (non-hydrogen) atoms. The zero-order chi connectivity index (χ0) is 9.03. The summed E-state index contributed by atoms with van der Waals surface area (Å²) in [5.74, 6) is 0. The van der Waals surface area contributed by atoms with Gasteiger partial charge in [0.2, 0.25) is 10.0 Å². The van der Waals surface area contributed by atoms with E-state index in [0.29, 0.717) is 19.4 Å². The molecule has 1 aliphatic carbocycles. The van der Waals surface area contributed by atoms with Crippen molar-refractivity contribution in [2.45, 2.75) is 30.9 Å². The molecule has 1 aliphatic rings. The van der Waals surface area contributed by atoms with E-state index in [1.54, 1.807) is 0 Å². The Balaban J connectivity index is 2.17. The fourth-order valence-electron chi connectivity index (χ4n) is 0.896. The molecular formula is C7H13NO3S. The van der Waals surface area contributed by atoms with Crippen LogP contribution in [0.25, 0.3) is 0 Å². The number of nitrogens with one attached hydrogen (secondary N) is 1. The summed E-state index contributed by atoms with van der Waals surface area (Å²) < 4.78 is 24.8. The molecule has 1 fully saturated rings. The van der Waals surface area contributed by atoms with Gasteiger partial charge >= 0.3 is 0 Å². The Kier molecular flexibility index (Phi) is 3.22. The Bertz CT molecular complexity index is 243.